The van der Waals surface area contributed by atoms with E-state index in [1.54, 1.807) is 18.2 Å². The summed E-state index contributed by atoms with van der Waals surface area (Å²) in [5, 5.41) is 3.62. The number of amides is 3. The van der Waals surface area contributed by atoms with E-state index in [2.05, 4.69) is 10.3 Å². The van der Waals surface area contributed by atoms with Gasteiger partial charge in [0.1, 0.15) is 10.8 Å². The number of nitrogens with zero attached hydrogens (tertiary/aromatic N) is 2. The first kappa shape index (κ1) is 18.3. The molecule has 1 aliphatic rings. The second-order valence-electron chi connectivity index (χ2n) is 6.79. The second-order valence-corrected chi connectivity index (χ2v) is 7.91. The lowest BCUT2D eigenvalue weighted by atomic mass is 10.1. The Morgan fingerprint density at radius 3 is 2.67 bits per heavy atom. The van der Waals surface area contributed by atoms with Gasteiger partial charge < -0.3 is 9.73 Å². The first-order chi connectivity index (χ1) is 14.6. The van der Waals surface area contributed by atoms with Crippen LogP contribution in [0.4, 0.5) is 0 Å². The summed E-state index contributed by atoms with van der Waals surface area (Å²) in [6, 6.07) is 15.7. The molecule has 0 saturated carbocycles. The van der Waals surface area contributed by atoms with Gasteiger partial charge in [0.2, 0.25) is 0 Å². The fourth-order valence-electron chi connectivity index (χ4n) is 3.39. The summed E-state index contributed by atoms with van der Waals surface area (Å²) in [5.74, 6) is -0.653. The largest absolute Gasteiger partial charge is 0.467 e. The summed E-state index contributed by atoms with van der Waals surface area (Å²) in [7, 11) is 0. The lowest BCUT2D eigenvalue weighted by molar-refractivity contribution is 0.0631. The van der Waals surface area contributed by atoms with Gasteiger partial charge in [-0.1, -0.05) is 12.1 Å². The number of aromatic nitrogens is 1. The third-order valence-electron chi connectivity index (χ3n) is 4.87. The Morgan fingerprint density at radius 1 is 1.03 bits per heavy atom. The minimum atomic E-state index is -0.438. The van der Waals surface area contributed by atoms with Crippen molar-refractivity contribution >= 4 is 39.3 Å². The number of thiazole rings is 1. The molecule has 0 unspecified atom stereocenters. The van der Waals surface area contributed by atoms with Gasteiger partial charge in [-0.05, 0) is 42.5 Å². The van der Waals surface area contributed by atoms with E-state index in [1.165, 1.54) is 29.7 Å². The van der Waals surface area contributed by atoms with Gasteiger partial charge in [0.05, 0.1) is 40.7 Å². The number of rotatable bonds is 5. The molecule has 2 aromatic heterocycles. The topological polar surface area (TPSA) is 92.5 Å². The zero-order valence-corrected chi connectivity index (χ0v) is 16.4. The van der Waals surface area contributed by atoms with E-state index in [1.807, 2.05) is 24.3 Å². The summed E-state index contributed by atoms with van der Waals surface area (Å²) in [6.45, 7) is 0.339. The van der Waals surface area contributed by atoms with Crippen LogP contribution in [0.3, 0.4) is 0 Å². The van der Waals surface area contributed by atoms with E-state index in [4.69, 9.17) is 4.42 Å². The third-order valence-corrected chi connectivity index (χ3v) is 5.90. The molecule has 30 heavy (non-hydrogen) atoms. The van der Waals surface area contributed by atoms with Crippen molar-refractivity contribution in [3.63, 3.8) is 0 Å². The molecule has 8 heteroatoms. The second kappa shape index (κ2) is 7.23. The number of carbonyl (C=O) groups excluding carboxylic acids is 3. The SMILES string of the molecule is O=C(NCc1nc2ccccc2s1)c1ccc2c(c1)C(=O)N(Cc1ccco1)C2=O. The molecule has 0 aliphatic carbocycles. The predicted octanol–water partition coefficient (Wildman–Crippen LogP) is 3.62. The van der Waals surface area contributed by atoms with E-state index in [0.29, 0.717) is 11.3 Å². The molecule has 5 rings (SSSR count). The normalized spacial score (nSPS) is 13.1. The molecule has 0 spiro atoms. The summed E-state index contributed by atoms with van der Waals surface area (Å²) in [5.41, 5.74) is 1.72. The highest BCUT2D eigenvalue weighted by atomic mass is 32.1. The molecule has 3 heterocycles. The van der Waals surface area contributed by atoms with Crippen LogP contribution in [-0.2, 0) is 13.1 Å². The molecule has 1 aliphatic heterocycles. The maximum absolute atomic E-state index is 12.7. The molecule has 0 bridgehead atoms. The Bertz CT molecular complexity index is 1260. The van der Waals surface area contributed by atoms with E-state index >= 15 is 0 Å². The molecule has 0 atom stereocenters. The molecular weight excluding hydrogens is 402 g/mol. The van der Waals surface area contributed by atoms with Gasteiger partial charge in [0, 0.05) is 5.56 Å². The Balaban J connectivity index is 1.32. The van der Waals surface area contributed by atoms with Crippen molar-refractivity contribution in [2.75, 3.05) is 0 Å². The number of hydrogen-bond acceptors (Lipinski definition) is 6. The molecule has 0 fully saturated rings. The van der Waals surface area contributed by atoms with Gasteiger partial charge in [0.25, 0.3) is 17.7 Å². The van der Waals surface area contributed by atoms with Gasteiger partial charge >= 0.3 is 0 Å². The van der Waals surface area contributed by atoms with Crippen LogP contribution in [-0.4, -0.2) is 27.6 Å². The monoisotopic (exact) mass is 417 g/mol. The van der Waals surface area contributed by atoms with E-state index in [0.717, 1.165) is 20.1 Å². The summed E-state index contributed by atoms with van der Waals surface area (Å²) in [4.78, 5) is 43.5. The number of hydrogen-bond donors (Lipinski definition) is 1. The fraction of sp³-hybridized carbons (Fsp3) is 0.0909. The number of benzene rings is 2. The smallest absolute Gasteiger partial charge is 0.261 e. The molecular formula is C22H15N3O4S. The van der Waals surface area contributed by atoms with Crippen molar-refractivity contribution in [1.82, 2.24) is 15.2 Å². The minimum Gasteiger partial charge on any atom is -0.467 e. The van der Waals surface area contributed by atoms with Gasteiger partial charge in [-0.25, -0.2) is 4.98 Å². The van der Waals surface area contributed by atoms with Crippen LogP contribution in [0.25, 0.3) is 10.2 Å². The molecule has 148 valence electrons. The lowest BCUT2D eigenvalue weighted by Gasteiger charge is -2.11. The number of nitrogens with one attached hydrogen (secondary N) is 1. The van der Waals surface area contributed by atoms with Gasteiger partial charge in [-0.2, -0.15) is 0 Å². The van der Waals surface area contributed by atoms with Crippen LogP contribution in [0.1, 0.15) is 41.8 Å². The first-order valence-electron chi connectivity index (χ1n) is 9.25. The lowest BCUT2D eigenvalue weighted by Crippen LogP contribution is -2.28. The van der Waals surface area contributed by atoms with Crippen molar-refractivity contribution < 1.29 is 18.8 Å². The minimum absolute atomic E-state index is 0.0541. The molecule has 4 aromatic rings. The Hall–Kier alpha value is -3.78. The molecule has 0 radical (unpaired) electrons. The molecule has 2 aromatic carbocycles. The van der Waals surface area contributed by atoms with Crippen LogP contribution < -0.4 is 5.32 Å². The van der Waals surface area contributed by atoms with Crippen LogP contribution >= 0.6 is 11.3 Å². The predicted molar refractivity (Wildman–Crippen MR) is 110 cm³/mol. The zero-order chi connectivity index (χ0) is 20.7. The number of para-hydroxylation sites is 1. The summed E-state index contributed by atoms with van der Waals surface area (Å²) in [6.07, 6.45) is 1.49. The van der Waals surface area contributed by atoms with E-state index in [-0.39, 0.29) is 30.1 Å². The van der Waals surface area contributed by atoms with Gasteiger partial charge in [0.15, 0.2) is 0 Å². The van der Waals surface area contributed by atoms with Crippen LogP contribution in [0.2, 0.25) is 0 Å². The quantitative estimate of drug-likeness (QED) is 0.501. The Morgan fingerprint density at radius 2 is 1.87 bits per heavy atom. The number of fused-ring (bicyclic) bond motifs is 2. The van der Waals surface area contributed by atoms with Crippen LogP contribution in [0.5, 0.6) is 0 Å². The average molecular weight is 417 g/mol. The summed E-state index contributed by atoms with van der Waals surface area (Å²) < 4.78 is 6.29. The number of furan rings is 1. The highest BCUT2D eigenvalue weighted by Gasteiger charge is 2.36. The third kappa shape index (κ3) is 3.17. The standard InChI is InChI=1S/C22H15N3O4S/c26-20(23-11-19-24-17-5-1-2-6-18(17)30-19)13-7-8-15-16(10-13)22(28)25(21(15)27)12-14-4-3-9-29-14/h1-10H,11-12H2,(H,23,26). The number of imide groups is 1. The van der Waals surface area contributed by atoms with Crippen molar-refractivity contribution in [1.29, 1.82) is 0 Å². The Kier molecular flexibility index (Phi) is 4.40. The van der Waals surface area contributed by atoms with E-state index in [9.17, 15) is 14.4 Å². The molecule has 1 N–H and O–H groups in total. The summed E-state index contributed by atoms with van der Waals surface area (Å²) >= 11 is 1.52. The maximum Gasteiger partial charge on any atom is 0.261 e. The Labute approximate surface area is 174 Å². The number of carbonyl (C=O) groups is 3. The highest BCUT2D eigenvalue weighted by molar-refractivity contribution is 7.18. The molecule has 0 saturated heterocycles. The van der Waals surface area contributed by atoms with Crippen LogP contribution in [0.15, 0.2) is 65.3 Å². The highest BCUT2D eigenvalue weighted by Crippen LogP contribution is 2.26. The van der Waals surface area contributed by atoms with Crippen molar-refractivity contribution in [2.45, 2.75) is 13.1 Å². The van der Waals surface area contributed by atoms with Gasteiger partial charge in [-0.15, -0.1) is 11.3 Å². The fourth-order valence-corrected chi connectivity index (χ4v) is 4.29. The average Bonchev–Trinajstić information content (AvgIpc) is 3.48. The van der Waals surface area contributed by atoms with Crippen molar-refractivity contribution in [2.24, 2.45) is 0 Å². The van der Waals surface area contributed by atoms with Gasteiger partial charge in [-0.3, -0.25) is 19.3 Å². The van der Waals surface area contributed by atoms with Crippen molar-refractivity contribution in [3.8, 4) is 0 Å². The molecule has 3 amide bonds. The first-order valence-corrected chi connectivity index (χ1v) is 10.1. The van der Waals surface area contributed by atoms with Crippen LogP contribution in [0, 0.1) is 0 Å². The van der Waals surface area contributed by atoms with E-state index < -0.39 is 11.8 Å². The van der Waals surface area contributed by atoms with Crippen molar-refractivity contribution in [3.05, 3.63) is 88.3 Å². The maximum atomic E-state index is 12.7. The molecule has 7 nitrogen and oxygen atoms in total. The zero-order valence-electron chi connectivity index (χ0n) is 15.6.